The van der Waals surface area contributed by atoms with Crippen molar-refractivity contribution >= 4 is 21.8 Å². The molecule has 0 bridgehead atoms. The Hall–Kier alpha value is -1.97. The second-order valence-electron chi connectivity index (χ2n) is 8.40. The maximum absolute atomic E-state index is 12.3. The number of fused-ring (bicyclic) bond motifs is 4. The van der Waals surface area contributed by atoms with Crippen molar-refractivity contribution in [2.75, 3.05) is 33.0 Å². The van der Waals surface area contributed by atoms with Crippen LogP contribution in [0.25, 0.3) is 0 Å². The molecule has 2 saturated heterocycles. The van der Waals surface area contributed by atoms with Gasteiger partial charge in [-0.05, 0) is 42.5 Å². The number of piperidine rings is 2. The molecule has 3 aliphatic heterocycles. The standard InChI is InChI=1S/C18H26N2O3S.C3H4O3/c1-23-15-5-6-16-13(10-15)7-9-19-12-14-4-3-8-20(24(2,21)22)17(14)11-18(16)19;1-2(4)3(5)6/h5-6,10,14,17-18H,3-4,7-9,11-12H2,1-2H3;1H3,(H,5,6)/t14-,17+,18+;/m1./s1. The highest BCUT2D eigenvalue weighted by molar-refractivity contribution is 7.84. The van der Waals surface area contributed by atoms with Crippen LogP contribution in [-0.4, -0.2) is 64.1 Å². The highest BCUT2D eigenvalue weighted by Crippen LogP contribution is 2.40. The quantitative estimate of drug-likeness (QED) is 0.600. The molecule has 1 N–H and O–H groups in total. The molecule has 0 aliphatic carbocycles. The molecule has 0 spiro atoms. The average molecular weight is 439 g/mol. The molecule has 2 fully saturated rings. The van der Waals surface area contributed by atoms with Crippen LogP contribution in [0.5, 0.6) is 5.75 Å². The van der Waals surface area contributed by atoms with Crippen molar-refractivity contribution in [3.8, 4) is 5.75 Å². The van der Waals surface area contributed by atoms with Gasteiger partial charge in [-0.3, -0.25) is 9.69 Å². The maximum Gasteiger partial charge on any atom is 0.292 e. The second kappa shape index (κ2) is 9.03. The molecule has 1 aromatic rings. The number of nitrogens with zero attached hydrogens (tertiary/aromatic N) is 1. The summed E-state index contributed by atoms with van der Waals surface area (Å²) in [5.74, 6) is -1.14. The number of nitrogens with one attached hydrogen (secondary N) is 1. The van der Waals surface area contributed by atoms with Crippen LogP contribution < -0.4 is 14.1 Å². The fraction of sp³-hybridized carbons (Fsp3) is 0.619. The van der Waals surface area contributed by atoms with Gasteiger partial charge in [-0.15, -0.1) is 0 Å². The van der Waals surface area contributed by atoms with Gasteiger partial charge in [0.05, 0.1) is 19.9 Å². The van der Waals surface area contributed by atoms with Crippen LogP contribution in [0.15, 0.2) is 18.2 Å². The van der Waals surface area contributed by atoms with Gasteiger partial charge in [0, 0.05) is 38.4 Å². The monoisotopic (exact) mass is 438 g/mol. The van der Waals surface area contributed by atoms with Gasteiger partial charge in [-0.25, -0.2) is 4.31 Å². The summed E-state index contributed by atoms with van der Waals surface area (Å²) in [6.45, 7) is 3.82. The normalized spacial score (nSPS) is 28.1. The molecule has 0 saturated carbocycles. The van der Waals surface area contributed by atoms with E-state index in [1.165, 1.54) is 23.8 Å². The summed E-state index contributed by atoms with van der Waals surface area (Å²) in [6.07, 6.45) is 5.60. The van der Waals surface area contributed by atoms with Crippen molar-refractivity contribution in [3.05, 3.63) is 29.3 Å². The molecule has 8 nitrogen and oxygen atoms in total. The van der Waals surface area contributed by atoms with E-state index in [0.29, 0.717) is 12.0 Å². The zero-order chi connectivity index (χ0) is 22.1. The van der Waals surface area contributed by atoms with E-state index in [1.807, 2.05) is 6.07 Å². The van der Waals surface area contributed by atoms with E-state index < -0.39 is 21.8 Å². The van der Waals surface area contributed by atoms with Gasteiger partial charge in [0.1, 0.15) is 17.8 Å². The molecule has 166 valence electrons. The van der Waals surface area contributed by atoms with E-state index in [9.17, 15) is 23.1 Å². The molecule has 0 radical (unpaired) electrons. The topological polar surface area (TPSA) is 108 Å². The molecule has 4 atom stereocenters. The molecular formula is C21H30N2O6S. The highest BCUT2D eigenvalue weighted by atomic mass is 32.2. The van der Waals surface area contributed by atoms with Crippen molar-refractivity contribution in [2.45, 2.75) is 44.7 Å². The Bertz CT molecular complexity index is 904. The summed E-state index contributed by atoms with van der Waals surface area (Å²) in [5.41, 5.74) is 2.74. The molecule has 1 unspecified atom stereocenters. The number of carboxylic acids is 1. The van der Waals surface area contributed by atoms with Gasteiger partial charge in [-0.1, -0.05) is 6.07 Å². The third-order valence-electron chi connectivity index (χ3n) is 6.51. The number of carboxylic acid groups (broad SMARTS) is 1. The van der Waals surface area contributed by atoms with Gasteiger partial charge >= 0.3 is 0 Å². The van der Waals surface area contributed by atoms with Crippen molar-refractivity contribution in [2.24, 2.45) is 5.92 Å². The largest absolute Gasteiger partial charge is 0.542 e. The van der Waals surface area contributed by atoms with E-state index >= 15 is 0 Å². The first-order valence-electron chi connectivity index (χ1n) is 10.3. The van der Waals surface area contributed by atoms with Gasteiger partial charge in [0.15, 0.2) is 5.78 Å². The number of benzene rings is 1. The zero-order valence-electron chi connectivity index (χ0n) is 17.7. The summed E-state index contributed by atoms with van der Waals surface area (Å²) < 4.78 is 30.7. The smallest absolute Gasteiger partial charge is 0.292 e. The lowest BCUT2D eigenvalue weighted by atomic mass is 9.77. The number of methoxy groups -OCH3 is 1. The van der Waals surface area contributed by atoms with Crippen LogP contribution >= 0.6 is 0 Å². The van der Waals surface area contributed by atoms with Crippen molar-refractivity contribution in [1.82, 2.24) is 4.90 Å². The van der Waals surface area contributed by atoms with Crippen molar-refractivity contribution in [3.63, 3.8) is 0 Å². The number of carbonyl (C=O) groups is 2. The first-order chi connectivity index (χ1) is 14.1. The van der Waals surface area contributed by atoms with Crippen LogP contribution in [0, 0.1) is 5.92 Å². The van der Waals surface area contributed by atoms with Crippen molar-refractivity contribution < 1.29 is 32.2 Å². The number of rotatable bonds is 3. The first kappa shape index (κ1) is 22.7. The van der Waals surface area contributed by atoms with Gasteiger partial charge in [-0.2, -0.15) is 8.42 Å². The first-order valence-corrected chi connectivity index (χ1v) is 12.2. The number of ketones is 1. The number of carbonyl (C=O) groups excluding carboxylic acids is 2. The second-order valence-corrected chi connectivity index (χ2v) is 10.5. The average Bonchev–Trinajstić information content (AvgIpc) is 2.71. The number of hydrogen-bond acceptors (Lipinski definition) is 7. The minimum Gasteiger partial charge on any atom is -0.542 e. The van der Waals surface area contributed by atoms with Gasteiger partial charge in [0.25, 0.3) is 10.0 Å². The number of hydrogen-bond donors (Lipinski definition) is 1. The van der Waals surface area contributed by atoms with E-state index in [1.54, 1.807) is 7.11 Å². The third kappa shape index (κ3) is 4.84. The molecular weight excluding hydrogens is 408 g/mol. The van der Waals surface area contributed by atoms with Crippen LogP contribution in [0.4, 0.5) is 0 Å². The number of quaternary nitrogens is 1. The molecule has 30 heavy (non-hydrogen) atoms. The number of sulfonamides is 1. The molecule has 3 heterocycles. The molecule has 0 amide bonds. The Morgan fingerprint density at radius 3 is 2.60 bits per heavy atom. The lowest BCUT2D eigenvalue weighted by Gasteiger charge is -2.49. The van der Waals surface area contributed by atoms with E-state index in [2.05, 4.69) is 17.0 Å². The minimum absolute atomic E-state index is 0.239. The Morgan fingerprint density at radius 1 is 1.30 bits per heavy atom. The van der Waals surface area contributed by atoms with Crippen LogP contribution in [0.2, 0.25) is 0 Å². The maximum atomic E-state index is 12.3. The van der Waals surface area contributed by atoms with Crippen LogP contribution in [0.3, 0.4) is 0 Å². The summed E-state index contributed by atoms with van der Waals surface area (Å²) in [4.78, 5) is 21.3. The SMILES string of the molecule is CC(=O)C(=O)[O-].COc1ccc2c(c1)CCN1C[C@H]3CCC[NH+](S(C)(=O)=O)[C@H]3C[C@@H]21. The minimum atomic E-state index is -3.04. The number of Topliss-reactive ketones (excluding diaryl/α,β-unsaturated/α-hetero) is 1. The van der Waals surface area contributed by atoms with E-state index in [4.69, 9.17) is 4.74 Å². The lowest BCUT2D eigenvalue weighted by Crippen LogP contribution is -3.19. The highest BCUT2D eigenvalue weighted by Gasteiger charge is 2.47. The predicted molar refractivity (Wildman–Crippen MR) is 109 cm³/mol. The Labute approximate surface area is 177 Å². The van der Waals surface area contributed by atoms with Gasteiger partial charge < -0.3 is 14.6 Å². The number of aliphatic carboxylic acids is 1. The summed E-state index contributed by atoms with van der Waals surface area (Å²) >= 11 is 0. The molecule has 1 aromatic carbocycles. The Balaban J connectivity index is 0.000000377. The molecule has 3 aliphatic rings. The zero-order valence-corrected chi connectivity index (χ0v) is 18.5. The molecule has 9 heteroatoms. The predicted octanol–water partition coefficient (Wildman–Crippen LogP) is -1.05. The Kier molecular flexibility index (Phi) is 6.84. The van der Waals surface area contributed by atoms with Crippen molar-refractivity contribution in [1.29, 1.82) is 0 Å². The van der Waals surface area contributed by atoms with Crippen LogP contribution in [-0.2, 0) is 26.0 Å². The fourth-order valence-corrected chi connectivity index (χ4v) is 6.45. The van der Waals surface area contributed by atoms with E-state index in [-0.39, 0.29) is 6.04 Å². The fourth-order valence-electron chi connectivity index (χ4n) is 5.09. The number of ether oxygens (including phenoxy) is 1. The van der Waals surface area contributed by atoms with E-state index in [0.717, 1.165) is 55.9 Å². The van der Waals surface area contributed by atoms with Gasteiger partial charge in [0.2, 0.25) is 0 Å². The summed E-state index contributed by atoms with van der Waals surface area (Å²) in [5, 5.41) is 9.24. The Morgan fingerprint density at radius 2 is 2.00 bits per heavy atom. The summed E-state index contributed by atoms with van der Waals surface area (Å²) in [7, 11) is -1.34. The third-order valence-corrected chi connectivity index (χ3v) is 7.97. The molecule has 0 aromatic heterocycles. The lowest BCUT2D eigenvalue weighted by molar-refractivity contribution is -0.812. The summed E-state index contributed by atoms with van der Waals surface area (Å²) in [6, 6.07) is 6.98. The molecule has 4 rings (SSSR count). The van der Waals surface area contributed by atoms with Crippen LogP contribution in [0.1, 0.15) is 43.4 Å².